The highest BCUT2D eigenvalue weighted by molar-refractivity contribution is 5.92. The maximum absolute atomic E-state index is 12.6. The van der Waals surface area contributed by atoms with E-state index in [9.17, 15) is 9.59 Å². The summed E-state index contributed by atoms with van der Waals surface area (Å²) in [5.74, 6) is 0.930. The Bertz CT molecular complexity index is 787. The van der Waals surface area contributed by atoms with Gasteiger partial charge in [-0.25, -0.2) is 9.89 Å². The van der Waals surface area contributed by atoms with Gasteiger partial charge in [-0.05, 0) is 31.7 Å². The lowest BCUT2D eigenvalue weighted by atomic mass is 9.82. The summed E-state index contributed by atoms with van der Waals surface area (Å²) in [5.41, 5.74) is 1.20. The molecule has 2 aromatic rings. The van der Waals surface area contributed by atoms with Gasteiger partial charge in [-0.3, -0.25) is 14.0 Å². The van der Waals surface area contributed by atoms with Gasteiger partial charge >= 0.3 is 5.69 Å². The third-order valence-corrected chi connectivity index (χ3v) is 4.88. The molecule has 1 amide bonds. The first-order chi connectivity index (χ1) is 11.5. The maximum atomic E-state index is 12.6. The highest BCUT2D eigenvalue weighted by atomic mass is 16.2. The number of nitrogens with one attached hydrogen (secondary N) is 2. The predicted molar refractivity (Wildman–Crippen MR) is 88.7 cm³/mol. The Morgan fingerprint density at radius 2 is 2.12 bits per heavy atom. The van der Waals surface area contributed by atoms with Crippen molar-refractivity contribution in [1.82, 2.24) is 29.9 Å². The Hall–Kier alpha value is -2.38. The van der Waals surface area contributed by atoms with E-state index >= 15 is 0 Å². The molecule has 0 aliphatic heterocycles. The van der Waals surface area contributed by atoms with E-state index < -0.39 is 0 Å². The van der Waals surface area contributed by atoms with E-state index in [1.165, 1.54) is 4.57 Å². The molecule has 0 aromatic carbocycles. The minimum absolute atomic E-state index is 0.0910. The Kier molecular flexibility index (Phi) is 4.55. The van der Waals surface area contributed by atoms with E-state index in [1.807, 2.05) is 6.92 Å². The molecule has 8 nitrogen and oxygen atoms in total. The molecule has 0 bridgehead atoms. The third kappa shape index (κ3) is 3.27. The Morgan fingerprint density at radius 1 is 1.38 bits per heavy atom. The van der Waals surface area contributed by atoms with Crippen LogP contribution in [0.1, 0.15) is 47.7 Å². The quantitative estimate of drug-likeness (QED) is 0.860. The number of rotatable bonds is 4. The van der Waals surface area contributed by atoms with E-state index in [0.717, 1.165) is 37.2 Å². The lowest BCUT2D eigenvalue weighted by molar-refractivity contribution is 0.0895. The van der Waals surface area contributed by atoms with Crippen molar-refractivity contribution in [3.05, 3.63) is 33.8 Å². The zero-order valence-corrected chi connectivity index (χ0v) is 14.4. The summed E-state index contributed by atoms with van der Waals surface area (Å²) in [6.45, 7) is 1.87. The number of hydrogen-bond acceptors (Lipinski definition) is 4. The first-order valence-corrected chi connectivity index (χ1v) is 8.37. The topological polar surface area (TPSA) is 97.6 Å². The number of amides is 1. The van der Waals surface area contributed by atoms with Gasteiger partial charge in [-0.15, -0.1) is 0 Å². The predicted octanol–water partition coefficient (Wildman–Crippen LogP) is 0.682. The first-order valence-electron chi connectivity index (χ1n) is 8.37. The van der Waals surface area contributed by atoms with Crippen LogP contribution in [0.5, 0.6) is 0 Å². The Labute approximate surface area is 140 Å². The molecule has 24 heavy (non-hydrogen) atoms. The average Bonchev–Trinajstić information content (AvgIpc) is 3.05. The minimum atomic E-state index is -0.202. The number of aryl methyl sites for hydroxylation is 2. The number of H-pyrrole nitrogens is 1. The number of aromatic nitrogens is 5. The monoisotopic (exact) mass is 332 g/mol. The van der Waals surface area contributed by atoms with E-state index in [-0.39, 0.29) is 23.6 Å². The molecular weight excluding hydrogens is 308 g/mol. The van der Waals surface area contributed by atoms with Crippen molar-refractivity contribution in [1.29, 1.82) is 0 Å². The summed E-state index contributed by atoms with van der Waals surface area (Å²) in [6.07, 6.45) is 4.90. The van der Waals surface area contributed by atoms with Crippen LogP contribution in [-0.2, 0) is 20.5 Å². The molecule has 2 heterocycles. The minimum Gasteiger partial charge on any atom is -0.348 e. The zero-order valence-electron chi connectivity index (χ0n) is 14.4. The van der Waals surface area contributed by atoms with Gasteiger partial charge in [-0.1, -0.05) is 12.8 Å². The molecule has 8 heteroatoms. The van der Waals surface area contributed by atoms with Crippen LogP contribution in [0.15, 0.2) is 10.9 Å². The second kappa shape index (κ2) is 6.62. The van der Waals surface area contributed by atoms with Crippen molar-refractivity contribution < 1.29 is 4.79 Å². The normalized spacial score (nSPS) is 21.0. The Balaban J connectivity index is 1.72. The van der Waals surface area contributed by atoms with Crippen molar-refractivity contribution in [3.8, 4) is 0 Å². The molecule has 0 unspecified atom stereocenters. The van der Waals surface area contributed by atoms with Crippen molar-refractivity contribution >= 4 is 5.91 Å². The van der Waals surface area contributed by atoms with Crippen molar-refractivity contribution in [2.75, 3.05) is 0 Å². The van der Waals surface area contributed by atoms with E-state index in [0.29, 0.717) is 12.1 Å². The molecule has 2 aromatic heterocycles. The van der Waals surface area contributed by atoms with Gasteiger partial charge in [0.05, 0.1) is 5.69 Å². The average molecular weight is 332 g/mol. The largest absolute Gasteiger partial charge is 0.348 e. The second-order valence-corrected chi connectivity index (χ2v) is 6.63. The highest BCUT2D eigenvalue weighted by Gasteiger charge is 2.29. The fourth-order valence-corrected chi connectivity index (χ4v) is 3.50. The molecule has 0 saturated heterocycles. The molecule has 0 radical (unpaired) electrons. The number of carbonyl (C=O) groups excluding carboxylic acids is 1. The van der Waals surface area contributed by atoms with E-state index in [2.05, 4.69) is 20.6 Å². The van der Waals surface area contributed by atoms with Gasteiger partial charge in [0.25, 0.3) is 5.91 Å². The molecule has 1 aliphatic carbocycles. The number of carbonyl (C=O) groups is 1. The fraction of sp³-hybridized carbons (Fsp3) is 0.625. The second-order valence-electron chi connectivity index (χ2n) is 6.63. The van der Waals surface area contributed by atoms with Gasteiger partial charge in [-0.2, -0.15) is 10.2 Å². The molecule has 1 fully saturated rings. The third-order valence-electron chi connectivity index (χ3n) is 4.88. The highest BCUT2D eigenvalue weighted by Crippen LogP contribution is 2.27. The molecular formula is C16H24N6O2. The molecule has 2 atom stereocenters. The SMILES string of the molecule is Cc1cc(C(=O)N[C@@H]2CCCC[C@@H]2Cc2n[nH]c(=O)n2C)n(C)n1. The van der Waals surface area contributed by atoms with Gasteiger partial charge in [0.15, 0.2) is 0 Å². The summed E-state index contributed by atoms with van der Waals surface area (Å²) >= 11 is 0. The lowest BCUT2D eigenvalue weighted by Gasteiger charge is -2.31. The summed E-state index contributed by atoms with van der Waals surface area (Å²) in [4.78, 5) is 24.1. The van der Waals surface area contributed by atoms with Crippen LogP contribution in [0.4, 0.5) is 0 Å². The van der Waals surface area contributed by atoms with Gasteiger partial charge in [0.2, 0.25) is 0 Å². The summed E-state index contributed by atoms with van der Waals surface area (Å²) in [6, 6.07) is 1.89. The molecule has 3 rings (SSSR count). The molecule has 0 spiro atoms. The van der Waals surface area contributed by atoms with Crippen LogP contribution in [0.25, 0.3) is 0 Å². The number of nitrogens with zero attached hydrogens (tertiary/aromatic N) is 4. The van der Waals surface area contributed by atoms with Gasteiger partial charge < -0.3 is 5.32 Å². The van der Waals surface area contributed by atoms with E-state index in [4.69, 9.17) is 0 Å². The van der Waals surface area contributed by atoms with Crippen molar-refractivity contribution in [2.45, 2.75) is 45.1 Å². The van der Waals surface area contributed by atoms with Crippen molar-refractivity contribution in [2.24, 2.45) is 20.0 Å². The number of aromatic amines is 1. The molecule has 2 N–H and O–H groups in total. The zero-order chi connectivity index (χ0) is 17.3. The number of hydrogen-bond donors (Lipinski definition) is 2. The van der Waals surface area contributed by atoms with Crippen LogP contribution in [-0.4, -0.2) is 36.5 Å². The van der Waals surface area contributed by atoms with Crippen LogP contribution in [0, 0.1) is 12.8 Å². The molecule has 1 saturated carbocycles. The maximum Gasteiger partial charge on any atom is 0.343 e. The van der Waals surface area contributed by atoms with Crippen molar-refractivity contribution in [3.63, 3.8) is 0 Å². The fourth-order valence-electron chi connectivity index (χ4n) is 3.50. The van der Waals surface area contributed by atoms with Gasteiger partial charge in [0, 0.05) is 26.6 Å². The molecule has 1 aliphatic rings. The lowest BCUT2D eigenvalue weighted by Crippen LogP contribution is -2.43. The summed E-state index contributed by atoms with van der Waals surface area (Å²) < 4.78 is 3.15. The molecule has 130 valence electrons. The van der Waals surface area contributed by atoms with Gasteiger partial charge in [0.1, 0.15) is 11.5 Å². The Morgan fingerprint density at radius 3 is 2.75 bits per heavy atom. The van der Waals surface area contributed by atoms with Crippen LogP contribution in [0.2, 0.25) is 0 Å². The van der Waals surface area contributed by atoms with Crippen LogP contribution < -0.4 is 11.0 Å². The smallest absolute Gasteiger partial charge is 0.343 e. The van der Waals surface area contributed by atoms with Crippen LogP contribution >= 0.6 is 0 Å². The van der Waals surface area contributed by atoms with Crippen LogP contribution in [0.3, 0.4) is 0 Å². The summed E-state index contributed by atoms with van der Waals surface area (Å²) in [5, 5.41) is 14.0. The standard InChI is InChI=1S/C16H24N6O2/c1-10-8-13(22(3)20-10)15(23)17-12-7-5-4-6-11(12)9-14-18-19-16(24)21(14)2/h8,11-12H,4-7,9H2,1-3H3,(H,17,23)(H,19,24)/t11-,12-/m1/s1. The summed E-state index contributed by atoms with van der Waals surface area (Å²) in [7, 11) is 3.50. The van der Waals surface area contributed by atoms with E-state index in [1.54, 1.807) is 24.8 Å². The first kappa shape index (κ1) is 16.5.